The number of hydrogen-bond acceptors (Lipinski definition) is 4. The fourth-order valence-electron chi connectivity index (χ4n) is 3.19. The van der Waals surface area contributed by atoms with Gasteiger partial charge in [-0.25, -0.2) is 0 Å². The summed E-state index contributed by atoms with van der Waals surface area (Å²) in [5.41, 5.74) is 3.74. The molecule has 1 aliphatic carbocycles. The van der Waals surface area contributed by atoms with Gasteiger partial charge in [0.2, 0.25) is 0 Å². The molecule has 0 radical (unpaired) electrons. The molecule has 0 amide bonds. The third-order valence-electron chi connectivity index (χ3n) is 4.61. The average Bonchev–Trinajstić information content (AvgIpc) is 2.49. The van der Waals surface area contributed by atoms with E-state index in [1.165, 1.54) is 16.7 Å². The van der Waals surface area contributed by atoms with Crippen LogP contribution >= 0.6 is 0 Å². The first-order chi connectivity index (χ1) is 10.6. The van der Waals surface area contributed by atoms with Gasteiger partial charge < -0.3 is 19.8 Å². The second-order valence-corrected chi connectivity index (χ2v) is 5.97. The van der Waals surface area contributed by atoms with E-state index in [4.69, 9.17) is 9.84 Å². The van der Waals surface area contributed by atoms with Gasteiger partial charge in [0.25, 0.3) is 0 Å². The molecule has 5 nitrogen and oxygen atoms in total. The summed E-state index contributed by atoms with van der Waals surface area (Å²) in [6.45, 7) is 2.00. The van der Waals surface area contributed by atoms with Gasteiger partial charge in [-0.1, -0.05) is 12.1 Å². The molecule has 1 heterocycles. The van der Waals surface area contributed by atoms with Gasteiger partial charge in [-0.3, -0.25) is 4.79 Å². The summed E-state index contributed by atoms with van der Waals surface area (Å²) in [5, 5.41) is 18.9. The Kier molecular flexibility index (Phi) is 4.18. The third kappa shape index (κ3) is 2.87. The van der Waals surface area contributed by atoms with E-state index in [2.05, 4.69) is 17.0 Å². The van der Waals surface area contributed by atoms with Crippen molar-refractivity contribution < 1.29 is 19.7 Å². The van der Waals surface area contributed by atoms with Crippen molar-refractivity contribution in [3.05, 3.63) is 29.3 Å². The standard InChI is InChI=1S/C17H21NO4/c1-22-13-3-2-11-8-12(14(11)9-13)4-6-18-7-5-16(19)15(10-18)17(20)21/h2-3,8-9,15-16,19H,4-7,10H2,1H3,(H,20,21)/t15-,16-/m0/s1. The number of aliphatic hydroxyl groups is 1. The maximum atomic E-state index is 11.1. The number of nitrogens with zero attached hydrogens (tertiary/aromatic N) is 1. The van der Waals surface area contributed by atoms with Crippen LogP contribution in [-0.2, 0) is 4.79 Å². The van der Waals surface area contributed by atoms with Crippen LogP contribution < -0.4 is 4.74 Å². The molecule has 0 bridgehead atoms. The number of likely N-dealkylation sites (tertiary alicyclic amines) is 1. The van der Waals surface area contributed by atoms with Gasteiger partial charge in [0.15, 0.2) is 0 Å². The Morgan fingerprint density at radius 1 is 1.45 bits per heavy atom. The molecule has 2 atom stereocenters. The van der Waals surface area contributed by atoms with E-state index >= 15 is 0 Å². The number of rotatable bonds is 5. The van der Waals surface area contributed by atoms with E-state index in [1.54, 1.807) is 7.11 Å². The molecular formula is C17H21NO4. The molecule has 2 aliphatic rings. The SMILES string of the molecule is COc1ccc2c(c1)C(CCN1CC[C@H](O)[C@@H](C(=O)O)C1)=C2. The minimum atomic E-state index is -0.907. The number of ether oxygens (including phenoxy) is 1. The number of benzene rings is 1. The van der Waals surface area contributed by atoms with E-state index in [1.807, 2.05) is 12.1 Å². The molecule has 1 saturated heterocycles. The number of hydrogen-bond donors (Lipinski definition) is 2. The first-order valence-electron chi connectivity index (χ1n) is 7.60. The number of carboxylic acids is 1. The Hall–Kier alpha value is -1.85. The monoisotopic (exact) mass is 303 g/mol. The Labute approximate surface area is 129 Å². The molecule has 1 aromatic rings. The lowest BCUT2D eigenvalue weighted by Gasteiger charge is -2.34. The van der Waals surface area contributed by atoms with Gasteiger partial charge in [-0.15, -0.1) is 0 Å². The smallest absolute Gasteiger partial charge is 0.310 e. The van der Waals surface area contributed by atoms with Crippen LogP contribution in [0.4, 0.5) is 0 Å². The number of carboxylic acid groups (broad SMARTS) is 1. The van der Waals surface area contributed by atoms with Crippen LogP contribution in [0.25, 0.3) is 11.6 Å². The fraction of sp³-hybridized carbons (Fsp3) is 0.471. The van der Waals surface area contributed by atoms with Crippen LogP contribution in [0.15, 0.2) is 18.2 Å². The zero-order valence-electron chi connectivity index (χ0n) is 12.7. The quantitative estimate of drug-likeness (QED) is 0.866. The lowest BCUT2D eigenvalue weighted by Crippen LogP contribution is -2.46. The minimum Gasteiger partial charge on any atom is -0.497 e. The predicted octanol–water partition coefficient (Wildman–Crippen LogP) is 1.71. The Bertz CT molecular complexity index is 611. The summed E-state index contributed by atoms with van der Waals surface area (Å²) in [7, 11) is 1.66. The molecule has 22 heavy (non-hydrogen) atoms. The highest BCUT2D eigenvalue weighted by atomic mass is 16.5. The van der Waals surface area contributed by atoms with E-state index in [0.29, 0.717) is 13.0 Å². The van der Waals surface area contributed by atoms with Crippen LogP contribution in [-0.4, -0.2) is 53.9 Å². The topological polar surface area (TPSA) is 70.0 Å². The number of aliphatic carboxylic acids is 1. The molecule has 2 N–H and O–H groups in total. The molecule has 118 valence electrons. The number of carbonyl (C=O) groups is 1. The van der Waals surface area contributed by atoms with Crippen molar-refractivity contribution >= 4 is 17.6 Å². The molecule has 1 fully saturated rings. The first-order valence-corrected chi connectivity index (χ1v) is 7.60. The van der Waals surface area contributed by atoms with E-state index in [9.17, 15) is 9.90 Å². The normalized spacial score (nSPS) is 24.2. The van der Waals surface area contributed by atoms with Gasteiger partial charge >= 0.3 is 5.97 Å². The van der Waals surface area contributed by atoms with Gasteiger partial charge in [-0.05, 0) is 41.7 Å². The number of fused-ring (bicyclic) bond motifs is 1. The second kappa shape index (κ2) is 6.10. The van der Waals surface area contributed by atoms with E-state index in [0.717, 1.165) is 25.3 Å². The van der Waals surface area contributed by atoms with Crippen LogP contribution in [0.3, 0.4) is 0 Å². The lowest BCUT2D eigenvalue weighted by molar-refractivity contribution is -0.148. The summed E-state index contributed by atoms with van der Waals surface area (Å²) in [4.78, 5) is 13.3. The van der Waals surface area contributed by atoms with Crippen molar-refractivity contribution in [1.29, 1.82) is 0 Å². The van der Waals surface area contributed by atoms with Gasteiger partial charge in [-0.2, -0.15) is 0 Å². The Morgan fingerprint density at radius 3 is 3.00 bits per heavy atom. The second-order valence-electron chi connectivity index (χ2n) is 5.97. The highest BCUT2D eigenvalue weighted by Crippen LogP contribution is 2.37. The Balaban J connectivity index is 1.56. The van der Waals surface area contributed by atoms with Crippen molar-refractivity contribution in [2.45, 2.75) is 18.9 Å². The zero-order valence-corrected chi connectivity index (χ0v) is 12.7. The first kappa shape index (κ1) is 15.1. The number of piperidine rings is 1. The summed E-state index contributed by atoms with van der Waals surface area (Å²) < 4.78 is 5.25. The third-order valence-corrected chi connectivity index (χ3v) is 4.61. The summed E-state index contributed by atoms with van der Waals surface area (Å²) in [5.74, 6) is -0.719. The van der Waals surface area contributed by atoms with Gasteiger partial charge in [0.05, 0.1) is 19.1 Å². The zero-order chi connectivity index (χ0) is 15.7. The predicted molar refractivity (Wildman–Crippen MR) is 83.7 cm³/mol. The summed E-state index contributed by atoms with van der Waals surface area (Å²) >= 11 is 0. The molecule has 1 aliphatic heterocycles. The highest BCUT2D eigenvalue weighted by Gasteiger charge is 2.33. The van der Waals surface area contributed by atoms with Crippen molar-refractivity contribution in [3.8, 4) is 5.75 Å². The molecule has 1 aromatic carbocycles. The molecule has 0 unspecified atom stereocenters. The van der Waals surface area contributed by atoms with Crippen molar-refractivity contribution in [2.75, 3.05) is 26.7 Å². The maximum absolute atomic E-state index is 11.1. The fourth-order valence-corrected chi connectivity index (χ4v) is 3.19. The Morgan fingerprint density at radius 2 is 2.27 bits per heavy atom. The molecular weight excluding hydrogens is 282 g/mol. The van der Waals surface area contributed by atoms with Crippen LogP contribution in [0.5, 0.6) is 5.75 Å². The highest BCUT2D eigenvalue weighted by molar-refractivity contribution is 5.95. The van der Waals surface area contributed by atoms with Crippen molar-refractivity contribution in [3.63, 3.8) is 0 Å². The van der Waals surface area contributed by atoms with Crippen LogP contribution in [0.1, 0.15) is 24.0 Å². The molecule has 5 heteroatoms. The average molecular weight is 303 g/mol. The summed E-state index contributed by atoms with van der Waals surface area (Å²) in [6.07, 6.45) is 2.87. The van der Waals surface area contributed by atoms with Gasteiger partial charge in [0.1, 0.15) is 5.75 Å². The molecule has 3 rings (SSSR count). The largest absolute Gasteiger partial charge is 0.497 e. The minimum absolute atomic E-state index is 0.425. The summed E-state index contributed by atoms with van der Waals surface area (Å²) in [6, 6.07) is 6.05. The van der Waals surface area contributed by atoms with Gasteiger partial charge in [0, 0.05) is 19.6 Å². The van der Waals surface area contributed by atoms with Crippen LogP contribution in [0.2, 0.25) is 0 Å². The lowest BCUT2D eigenvalue weighted by atomic mass is 9.86. The van der Waals surface area contributed by atoms with Crippen molar-refractivity contribution in [2.24, 2.45) is 5.92 Å². The van der Waals surface area contributed by atoms with E-state index in [-0.39, 0.29) is 0 Å². The van der Waals surface area contributed by atoms with Crippen molar-refractivity contribution in [1.82, 2.24) is 4.90 Å². The maximum Gasteiger partial charge on any atom is 0.310 e. The van der Waals surface area contributed by atoms with E-state index < -0.39 is 18.0 Å². The van der Waals surface area contributed by atoms with Crippen LogP contribution in [0, 0.1) is 5.92 Å². The molecule has 0 saturated carbocycles. The molecule has 0 spiro atoms. The number of methoxy groups -OCH3 is 1. The number of aliphatic hydroxyl groups excluding tert-OH is 1. The molecule has 0 aromatic heterocycles.